The van der Waals surface area contributed by atoms with Gasteiger partial charge in [-0.2, -0.15) is 5.10 Å². The number of aryl methyl sites for hydroxylation is 2. The van der Waals surface area contributed by atoms with Crippen LogP contribution < -0.4 is 10.6 Å². The standard InChI is InChI=1S/C17H23N7.HI/c1-18-17(20-12-13-9-11-21-24(13)2)19-10-5-8-16-22-14-6-3-4-7-15(14)23-16;/h3-4,6-7,9,11H,5,8,10,12H2,1-2H3,(H,22,23)(H2,18,19,20);1H. The molecule has 3 aromatic rings. The van der Waals surface area contributed by atoms with Gasteiger partial charge in [0.25, 0.3) is 0 Å². The number of hydrogen-bond acceptors (Lipinski definition) is 3. The second kappa shape index (κ2) is 9.40. The Hall–Kier alpha value is -2.10. The minimum atomic E-state index is 0. The summed E-state index contributed by atoms with van der Waals surface area (Å²) in [7, 11) is 3.71. The van der Waals surface area contributed by atoms with E-state index in [9.17, 15) is 0 Å². The van der Waals surface area contributed by atoms with E-state index < -0.39 is 0 Å². The molecule has 0 aliphatic heterocycles. The Morgan fingerprint density at radius 3 is 2.80 bits per heavy atom. The van der Waals surface area contributed by atoms with Crippen LogP contribution >= 0.6 is 24.0 Å². The van der Waals surface area contributed by atoms with Crippen molar-refractivity contribution in [3.05, 3.63) is 48.0 Å². The van der Waals surface area contributed by atoms with E-state index in [1.807, 2.05) is 42.1 Å². The lowest BCUT2D eigenvalue weighted by Gasteiger charge is -2.11. The molecule has 8 heteroatoms. The number of hydrogen-bond donors (Lipinski definition) is 3. The van der Waals surface area contributed by atoms with Gasteiger partial charge in [-0.05, 0) is 24.6 Å². The molecule has 134 valence electrons. The van der Waals surface area contributed by atoms with Crippen molar-refractivity contribution < 1.29 is 0 Å². The molecule has 0 saturated carbocycles. The zero-order chi connectivity index (χ0) is 16.8. The van der Waals surface area contributed by atoms with Gasteiger partial charge in [0.05, 0.1) is 23.3 Å². The highest BCUT2D eigenvalue weighted by Crippen LogP contribution is 2.11. The number of guanidine groups is 1. The third-order valence-corrected chi connectivity index (χ3v) is 3.90. The maximum atomic E-state index is 4.59. The average Bonchev–Trinajstić information content (AvgIpc) is 3.19. The predicted molar refractivity (Wildman–Crippen MR) is 111 cm³/mol. The molecular formula is C17H24IN7. The summed E-state index contributed by atoms with van der Waals surface area (Å²) in [6.07, 6.45) is 3.67. The summed E-state index contributed by atoms with van der Waals surface area (Å²) < 4.78 is 1.85. The monoisotopic (exact) mass is 453 g/mol. The second-order valence-corrected chi connectivity index (χ2v) is 5.60. The molecule has 0 atom stereocenters. The molecule has 0 unspecified atom stereocenters. The first kappa shape index (κ1) is 19.2. The van der Waals surface area contributed by atoms with E-state index in [0.717, 1.165) is 47.9 Å². The van der Waals surface area contributed by atoms with Crippen molar-refractivity contribution in [2.24, 2.45) is 12.0 Å². The third kappa shape index (κ3) is 5.18. The van der Waals surface area contributed by atoms with Crippen molar-refractivity contribution in [3.63, 3.8) is 0 Å². The van der Waals surface area contributed by atoms with Crippen molar-refractivity contribution in [1.82, 2.24) is 30.4 Å². The highest BCUT2D eigenvalue weighted by molar-refractivity contribution is 14.0. The predicted octanol–water partition coefficient (Wildman–Crippen LogP) is 2.21. The Balaban J connectivity index is 0.00000225. The summed E-state index contributed by atoms with van der Waals surface area (Å²) in [6, 6.07) is 10.1. The summed E-state index contributed by atoms with van der Waals surface area (Å²) in [4.78, 5) is 12.2. The number of nitrogens with one attached hydrogen (secondary N) is 3. The topological polar surface area (TPSA) is 82.9 Å². The van der Waals surface area contributed by atoms with Crippen LogP contribution in [0.3, 0.4) is 0 Å². The number of halogens is 1. The van der Waals surface area contributed by atoms with Crippen molar-refractivity contribution in [2.45, 2.75) is 19.4 Å². The maximum absolute atomic E-state index is 4.59. The van der Waals surface area contributed by atoms with Crippen LogP contribution in [0.5, 0.6) is 0 Å². The summed E-state index contributed by atoms with van der Waals surface area (Å²) in [5.41, 5.74) is 3.23. The van der Waals surface area contributed by atoms with Crippen LogP contribution in [-0.2, 0) is 20.0 Å². The summed E-state index contributed by atoms with van der Waals surface area (Å²) in [5.74, 6) is 1.82. The molecule has 25 heavy (non-hydrogen) atoms. The lowest BCUT2D eigenvalue weighted by molar-refractivity contribution is 0.678. The fourth-order valence-corrected chi connectivity index (χ4v) is 2.56. The van der Waals surface area contributed by atoms with E-state index in [4.69, 9.17) is 0 Å². The van der Waals surface area contributed by atoms with Crippen LogP contribution in [0, 0.1) is 0 Å². The molecule has 0 bridgehead atoms. The largest absolute Gasteiger partial charge is 0.356 e. The minimum absolute atomic E-state index is 0. The first-order valence-electron chi connectivity index (χ1n) is 8.11. The Morgan fingerprint density at radius 2 is 2.08 bits per heavy atom. The Labute approximate surface area is 164 Å². The van der Waals surface area contributed by atoms with Crippen LogP contribution in [-0.4, -0.2) is 39.3 Å². The van der Waals surface area contributed by atoms with Gasteiger partial charge >= 0.3 is 0 Å². The Kier molecular flexibility index (Phi) is 7.23. The van der Waals surface area contributed by atoms with Crippen molar-refractivity contribution >= 4 is 41.0 Å². The van der Waals surface area contributed by atoms with Gasteiger partial charge in [0.2, 0.25) is 0 Å². The number of fused-ring (bicyclic) bond motifs is 1. The van der Waals surface area contributed by atoms with Gasteiger partial charge in [0, 0.05) is 33.3 Å². The fourth-order valence-electron chi connectivity index (χ4n) is 2.56. The van der Waals surface area contributed by atoms with E-state index in [0.29, 0.717) is 6.54 Å². The number of aliphatic imine (C=N–C) groups is 1. The first-order valence-corrected chi connectivity index (χ1v) is 8.11. The third-order valence-electron chi connectivity index (χ3n) is 3.90. The van der Waals surface area contributed by atoms with Gasteiger partial charge in [-0.3, -0.25) is 9.67 Å². The zero-order valence-electron chi connectivity index (χ0n) is 14.5. The Bertz CT molecular complexity index is 788. The normalized spacial score (nSPS) is 11.4. The molecule has 0 aliphatic carbocycles. The van der Waals surface area contributed by atoms with E-state index in [2.05, 4.69) is 30.7 Å². The molecule has 0 aliphatic rings. The van der Waals surface area contributed by atoms with Crippen molar-refractivity contribution in [1.29, 1.82) is 0 Å². The number of aromatic amines is 1. The molecule has 0 saturated heterocycles. The van der Waals surface area contributed by atoms with Crippen LogP contribution in [0.2, 0.25) is 0 Å². The van der Waals surface area contributed by atoms with Gasteiger partial charge in [0.1, 0.15) is 5.82 Å². The van der Waals surface area contributed by atoms with Crippen molar-refractivity contribution in [3.8, 4) is 0 Å². The summed E-state index contributed by atoms with van der Waals surface area (Å²) in [6.45, 7) is 1.53. The molecule has 2 heterocycles. The van der Waals surface area contributed by atoms with Gasteiger partial charge in [-0.15, -0.1) is 24.0 Å². The number of aromatic nitrogens is 4. The van der Waals surface area contributed by atoms with Gasteiger partial charge in [0.15, 0.2) is 5.96 Å². The molecule has 0 spiro atoms. The van der Waals surface area contributed by atoms with E-state index in [1.54, 1.807) is 13.2 Å². The molecule has 0 amide bonds. The minimum Gasteiger partial charge on any atom is -0.356 e. The van der Waals surface area contributed by atoms with Crippen molar-refractivity contribution in [2.75, 3.05) is 13.6 Å². The first-order chi connectivity index (χ1) is 11.8. The van der Waals surface area contributed by atoms with Gasteiger partial charge < -0.3 is 15.6 Å². The van der Waals surface area contributed by atoms with E-state index >= 15 is 0 Å². The van der Waals surface area contributed by atoms with E-state index in [-0.39, 0.29) is 24.0 Å². The quantitative estimate of drug-likeness (QED) is 0.231. The highest BCUT2D eigenvalue weighted by atomic mass is 127. The number of para-hydroxylation sites is 2. The number of H-pyrrole nitrogens is 1. The number of imidazole rings is 1. The molecule has 7 nitrogen and oxygen atoms in total. The number of benzene rings is 1. The maximum Gasteiger partial charge on any atom is 0.191 e. The van der Waals surface area contributed by atoms with Gasteiger partial charge in [-0.1, -0.05) is 12.1 Å². The lowest BCUT2D eigenvalue weighted by Crippen LogP contribution is -2.37. The number of rotatable bonds is 6. The lowest BCUT2D eigenvalue weighted by atomic mass is 10.3. The zero-order valence-corrected chi connectivity index (χ0v) is 16.8. The smallest absolute Gasteiger partial charge is 0.191 e. The van der Waals surface area contributed by atoms with E-state index in [1.165, 1.54) is 0 Å². The molecule has 3 rings (SSSR count). The molecule has 2 aromatic heterocycles. The highest BCUT2D eigenvalue weighted by Gasteiger charge is 2.03. The van der Waals surface area contributed by atoms with Crippen LogP contribution in [0.1, 0.15) is 17.9 Å². The summed E-state index contributed by atoms with van der Waals surface area (Å²) in [5, 5.41) is 10.8. The van der Waals surface area contributed by atoms with Gasteiger partial charge in [-0.25, -0.2) is 4.98 Å². The molecular weight excluding hydrogens is 429 g/mol. The average molecular weight is 453 g/mol. The Morgan fingerprint density at radius 1 is 1.24 bits per heavy atom. The second-order valence-electron chi connectivity index (χ2n) is 5.60. The van der Waals surface area contributed by atoms with Crippen LogP contribution in [0.15, 0.2) is 41.5 Å². The van der Waals surface area contributed by atoms with Crippen LogP contribution in [0.4, 0.5) is 0 Å². The SMILES string of the molecule is CN=C(NCCCc1nc2ccccc2[nH]1)NCc1ccnn1C.I. The molecule has 0 fully saturated rings. The number of nitrogens with zero attached hydrogens (tertiary/aromatic N) is 4. The molecule has 1 aromatic carbocycles. The van der Waals surface area contributed by atoms with Crippen LogP contribution in [0.25, 0.3) is 11.0 Å². The fraction of sp³-hybridized carbons (Fsp3) is 0.353. The molecule has 3 N–H and O–H groups in total. The summed E-state index contributed by atoms with van der Waals surface area (Å²) >= 11 is 0. The molecule has 0 radical (unpaired) electrons.